The molecule has 21 heavy (non-hydrogen) atoms. The summed E-state index contributed by atoms with van der Waals surface area (Å²) in [4.78, 5) is 15.7. The molecule has 0 spiro atoms. The first kappa shape index (κ1) is 14.7. The van der Waals surface area contributed by atoms with Gasteiger partial charge < -0.3 is 15.2 Å². The van der Waals surface area contributed by atoms with E-state index < -0.39 is 23.2 Å². The zero-order chi connectivity index (χ0) is 15.4. The Labute approximate surface area is 119 Å². The monoisotopic (exact) mass is 294 g/mol. The summed E-state index contributed by atoms with van der Waals surface area (Å²) < 4.78 is 36.8. The molecule has 0 saturated carbocycles. The zero-order valence-electron chi connectivity index (χ0n) is 11.1. The van der Waals surface area contributed by atoms with Crippen LogP contribution in [-0.4, -0.2) is 18.1 Å². The summed E-state index contributed by atoms with van der Waals surface area (Å²) in [6, 6.07) is 4.71. The molecule has 7 heteroatoms. The molecule has 0 aliphatic carbocycles. The minimum absolute atomic E-state index is 0.179. The van der Waals surface area contributed by atoms with E-state index in [-0.39, 0.29) is 18.2 Å². The number of benzene rings is 1. The quantitative estimate of drug-likeness (QED) is 0.692. The highest BCUT2D eigenvalue weighted by Gasteiger charge is 2.17. The van der Waals surface area contributed by atoms with E-state index in [0.717, 1.165) is 6.07 Å². The van der Waals surface area contributed by atoms with Crippen molar-refractivity contribution in [3.05, 3.63) is 53.2 Å². The molecule has 0 radical (unpaired) electrons. The van der Waals surface area contributed by atoms with Crippen LogP contribution in [0, 0.1) is 11.6 Å². The molecule has 0 unspecified atom stereocenters. The number of methoxy groups -OCH3 is 1. The minimum atomic E-state index is -1.00. The van der Waals surface area contributed by atoms with Crippen molar-refractivity contribution in [3.8, 4) is 5.88 Å². The highest BCUT2D eigenvalue weighted by Crippen LogP contribution is 2.19. The average molecular weight is 294 g/mol. The number of esters is 1. The topological polar surface area (TPSA) is 74.4 Å². The Morgan fingerprint density at radius 3 is 2.81 bits per heavy atom. The average Bonchev–Trinajstić information content (AvgIpc) is 2.48. The van der Waals surface area contributed by atoms with E-state index in [9.17, 15) is 13.6 Å². The lowest BCUT2D eigenvalue weighted by atomic mass is 10.2. The number of carbonyl (C=O) groups excluding carboxylic acids is 1. The fourth-order valence-electron chi connectivity index (χ4n) is 1.66. The van der Waals surface area contributed by atoms with Crippen LogP contribution >= 0.6 is 0 Å². The molecule has 0 atom stereocenters. The van der Waals surface area contributed by atoms with Crippen LogP contribution in [0.25, 0.3) is 0 Å². The van der Waals surface area contributed by atoms with Gasteiger partial charge in [-0.1, -0.05) is 0 Å². The largest absolute Gasteiger partial charge is 0.481 e. The Balaban J connectivity index is 2.14. The van der Waals surface area contributed by atoms with Crippen molar-refractivity contribution in [3.63, 3.8) is 0 Å². The van der Waals surface area contributed by atoms with Crippen LogP contribution in [0.15, 0.2) is 30.5 Å². The molecule has 0 fully saturated rings. The number of pyridine rings is 1. The van der Waals surface area contributed by atoms with Crippen molar-refractivity contribution in [2.45, 2.75) is 6.61 Å². The number of hydrogen-bond donors (Lipinski definition) is 1. The van der Waals surface area contributed by atoms with Crippen LogP contribution < -0.4 is 10.5 Å². The normalized spacial score (nSPS) is 10.2. The van der Waals surface area contributed by atoms with Gasteiger partial charge in [0.1, 0.15) is 18.2 Å². The van der Waals surface area contributed by atoms with Gasteiger partial charge in [-0.05, 0) is 18.2 Å². The lowest BCUT2D eigenvalue weighted by Gasteiger charge is -2.09. The maximum absolute atomic E-state index is 13.6. The van der Waals surface area contributed by atoms with Crippen molar-refractivity contribution >= 4 is 11.7 Å². The number of hydrogen-bond acceptors (Lipinski definition) is 5. The highest BCUT2D eigenvalue weighted by atomic mass is 19.1. The molecule has 2 aromatic rings. The molecular weight excluding hydrogens is 282 g/mol. The second-order valence-corrected chi connectivity index (χ2v) is 4.10. The fourth-order valence-corrected chi connectivity index (χ4v) is 1.66. The second kappa shape index (κ2) is 6.17. The number of rotatable bonds is 4. The Kier molecular flexibility index (Phi) is 4.32. The van der Waals surface area contributed by atoms with E-state index in [1.165, 1.54) is 13.3 Å². The first-order chi connectivity index (χ1) is 10.0. The molecule has 5 nitrogen and oxygen atoms in total. The number of anilines is 1. The minimum Gasteiger partial charge on any atom is -0.481 e. The number of aromatic nitrogens is 1. The standard InChI is InChI=1S/C14H12F2N2O3/c1-20-13-8(3-2-4-18-13)7-21-14(19)9-5-11(16)12(17)6-10(9)15/h2-6H,7,17H2,1H3. The molecule has 0 aliphatic rings. The summed E-state index contributed by atoms with van der Waals surface area (Å²) in [7, 11) is 1.42. The predicted molar refractivity (Wildman–Crippen MR) is 70.7 cm³/mol. The summed E-state index contributed by atoms with van der Waals surface area (Å²) in [6.07, 6.45) is 1.51. The summed E-state index contributed by atoms with van der Waals surface area (Å²) in [5.41, 5.74) is 4.80. The van der Waals surface area contributed by atoms with Crippen LogP contribution in [0.3, 0.4) is 0 Å². The Morgan fingerprint density at radius 1 is 1.33 bits per heavy atom. The van der Waals surface area contributed by atoms with Crippen molar-refractivity contribution in [2.75, 3.05) is 12.8 Å². The number of ether oxygens (including phenoxy) is 2. The molecule has 0 bridgehead atoms. The van der Waals surface area contributed by atoms with Gasteiger partial charge in [-0.3, -0.25) is 0 Å². The van der Waals surface area contributed by atoms with Crippen molar-refractivity contribution in [1.82, 2.24) is 4.98 Å². The number of nitrogen functional groups attached to an aromatic ring is 1. The summed E-state index contributed by atoms with van der Waals surface area (Å²) >= 11 is 0. The first-order valence-corrected chi connectivity index (χ1v) is 5.92. The summed E-state index contributed by atoms with van der Waals surface area (Å²) in [6.45, 7) is -0.179. The molecule has 0 saturated heterocycles. The van der Waals surface area contributed by atoms with Gasteiger partial charge in [-0.2, -0.15) is 0 Å². The third kappa shape index (κ3) is 3.25. The third-order valence-electron chi connectivity index (χ3n) is 2.71. The first-order valence-electron chi connectivity index (χ1n) is 5.92. The number of carbonyl (C=O) groups is 1. The van der Waals surface area contributed by atoms with E-state index in [2.05, 4.69) is 4.98 Å². The lowest BCUT2D eigenvalue weighted by molar-refractivity contribution is 0.0463. The SMILES string of the molecule is COc1ncccc1COC(=O)c1cc(F)c(N)cc1F. The van der Waals surface area contributed by atoms with Gasteiger partial charge >= 0.3 is 5.97 Å². The molecule has 110 valence electrons. The number of nitrogens with zero attached hydrogens (tertiary/aromatic N) is 1. The van der Waals surface area contributed by atoms with Gasteiger partial charge in [0.05, 0.1) is 23.9 Å². The molecule has 1 heterocycles. The van der Waals surface area contributed by atoms with Crippen LogP contribution in [0.2, 0.25) is 0 Å². The van der Waals surface area contributed by atoms with Crippen molar-refractivity contribution in [2.24, 2.45) is 0 Å². The molecule has 2 rings (SSSR count). The summed E-state index contributed by atoms with van der Waals surface area (Å²) in [5, 5.41) is 0. The molecule has 0 amide bonds. The maximum atomic E-state index is 13.6. The van der Waals surface area contributed by atoms with E-state index in [0.29, 0.717) is 11.6 Å². The van der Waals surface area contributed by atoms with Gasteiger partial charge in [0.25, 0.3) is 0 Å². The predicted octanol–water partition coefficient (Wildman–Crippen LogP) is 2.31. The number of nitrogens with two attached hydrogens (primary N) is 1. The second-order valence-electron chi connectivity index (χ2n) is 4.10. The lowest BCUT2D eigenvalue weighted by Crippen LogP contribution is -2.10. The van der Waals surface area contributed by atoms with E-state index in [1.807, 2.05) is 0 Å². The van der Waals surface area contributed by atoms with Crippen molar-refractivity contribution in [1.29, 1.82) is 0 Å². The molecular formula is C14H12F2N2O3. The smallest absolute Gasteiger partial charge is 0.341 e. The van der Waals surface area contributed by atoms with E-state index in [4.69, 9.17) is 15.2 Å². The van der Waals surface area contributed by atoms with Crippen LogP contribution in [0.5, 0.6) is 5.88 Å². The van der Waals surface area contributed by atoms with Gasteiger partial charge in [0.2, 0.25) is 5.88 Å². The van der Waals surface area contributed by atoms with E-state index >= 15 is 0 Å². The molecule has 2 N–H and O–H groups in total. The molecule has 0 aliphatic heterocycles. The van der Waals surface area contributed by atoms with Gasteiger partial charge in [-0.15, -0.1) is 0 Å². The Morgan fingerprint density at radius 2 is 2.10 bits per heavy atom. The molecule has 1 aromatic carbocycles. The highest BCUT2D eigenvalue weighted by molar-refractivity contribution is 5.90. The van der Waals surface area contributed by atoms with Gasteiger partial charge in [-0.25, -0.2) is 18.6 Å². The van der Waals surface area contributed by atoms with Crippen LogP contribution in [0.4, 0.5) is 14.5 Å². The third-order valence-corrected chi connectivity index (χ3v) is 2.71. The van der Waals surface area contributed by atoms with Gasteiger partial charge in [0.15, 0.2) is 0 Å². The maximum Gasteiger partial charge on any atom is 0.341 e. The van der Waals surface area contributed by atoms with Crippen molar-refractivity contribution < 1.29 is 23.0 Å². The summed E-state index contributed by atoms with van der Waals surface area (Å²) in [5.74, 6) is -2.55. The zero-order valence-corrected chi connectivity index (χ0v) is 11.1. The van der Waals surface area contributed by atoms with Crippen LogP contribution in [-0.2, 0) is 11.3 Å². The fraction of sp³-hybridized carbons (Fsp3) is 0.143. The van der Waals surface area contributed by atoms with E-state index in [1.54, 1.807) is 12.1 Å². The molecule has 1 aromatic heterocycles. The Bertz CT molecular complexity index is 677. The van der Waals surface area contributed by atoms with Gasteiger partial charge in [0, 0.05) is 12.3 Å². The number of halogens is 2. The van der Waals surface area contributed by atoms with Crippen LogP contribution in [0.1, 0.15) is 15.9 Å². The Hall–Kier alpha value is -2.70.